The number of carbonyl (C=O) groups excluding carboxylic acids is 2. The maximum Gasteiger partial charge on any atom is 0.306 e. The van der Waals surface area contributed by atoms with Crippen molar-refractivity contribution >= 4 is 28.5 Å². The molecular formula is C23H31N3O4. The van der Waals surface area contributed by atoms with Crippen LogP contribution in [-0.4, -0.2) is 29.4 Å². The highest BCUT2D eigenvalue weighted by molar-refractivity contribution is 6.07. The zero-order valence-corrected chi connectivity index (χ0v) is 17.9. The smallest absolute Gasteiger partial charge is 0.306 e. The van der Waals surface area contributed by atoms with Crippen LogP contribution in [0.25, 0.3) is 10.8 Å². The zero-order chi connectivity index (χ0) is 21.9. The molecule has 0 aliphatic heterocycles. The van der Waals surface area contributed by atoms with E-state index in [4.69, 9.17) is 20.3 Å². The van der Waals surface area contributed by atoms with E-state index in [9.17, 15) is 9.59 Å². The molecule has 7 heteroatoms. The van der Waals surface area contributed by atoms with Gasteiger partial charge in [0, 0.05) is 28.8 Å². The highest BCUT2D eigenvalue weighted by Crippen LogP contribution is 2.29. The van der Waals surface area contributed by atoms with Gasteiger partial charge in [-0.3, -0.25) is 15.0 Å². The van der Waals surface area contributed by atoms with Crippen LogP contribution in [0, 0.1) is 11.3 Å². The Labute approximate surface area is 176 Å². The van der Waals surface area contributed by atoms with Crippen molar-refractivity contribution in [1.29, 1.82) is 5.41 Å². The zero-order valence-electron chi connectivity index (χ0n) is 17.9. The van der Waals surface area contributed by atoms with Crippen LogP contribution >= 0.6 is 0 Å². The number of amidine groups is 1. The van der Waals surface area contributed by atoms with Crippen LogP contribution in [0.1, 0.15) is 75.4 Å². The van der Waals surface area contributed by atoms with Gasteiger partial charge < -0.3 is 20.2 Å². The molecule has 1 heterocycles. The Morgan fingerprint density at radius 3 is 2.57 bits per heavy atom. The number of furan rings is 1. The van der Waals surface area contributed by atoms with Crippen molar-refractivity contribution in [3.8, 4) is 0 Å². The SMILES string of the molecule is CC(C)(C)OC(=O)CCC1CCC(NC(=O)c2occ3cc(C(=N)N)ccc23)CC1. The van der Waals surface area contributed by atoms with Crippen LogP contribution in [0.5, 0.6) is 0 Å². The fourth-order valence-corrected chi connectivity index (χ4v) is 3.96. The van der Waals surface area contributed by atoms with Gasteiger partial charge in [-0.05, 0) is 70.9 Å². The van der Waals surface area contributed by atoms with Gasteiger partial charge in [0.15, 0.2) is 5.76 Å². The Balaban J connectivity index is 1.49. The molecule has 1 amide bonds. The lowest BCUT2D eigenvalue weighted by Crippen LogP contribution is -2.37. The summed E-state index contributed by atoms with van der Waals surface area (Å²) in [5, 5.41) is 12.1. The van der Waals surface area contributed by atoms with E-state index in [2.05, 4.69) is 5.32 Å². The van der Waals surface area contributed by atoms with E-state index < -0.39 is 5.60 Å². The highest BCUT2D eigenvalue weighted by atomic mass is 16.6. The molecule has 0 bridgehead atoms. The predicted octanol–water partition coefficient (Wildman–Crippen LogP) is 4.13. The molecule has 30 heavy (non-hydrogen) atoms. The minimum atomic E-state index is -0.442. The van der Waals surface area contributed by atoms with E-state index in [0.717, 1.165) is 37.5 Å². The first-order valence-electron chi connectivity index (χ1n) is 10.5. The first kappa shape index (κ1) is 21.9. The van der Waals surface area contributed by atoms with Crippen LogP contribution in [0.4, 0.5) is 0 Å². The lowest BCUT2D eigenvalue weighted by molar-refractivity contribution is -0.155. The van der Waals surface area contributed by atoms with Crippen molar-refractivity contribution in [3.63, 3.8) is 0 Å². The molecular weight excluding hydrogens is 382 g/mol. The fraction of sp³-hybridized carbons (Fsp3) is 0.522. The number of carbonyl (C=O) groups is 2. The number of benzene rings is 1. The standard InChI is InChI=1S/C23H31N3O4/c1-23(2,3)30-19(27)11-6-14-4-8-17(9-5-14)26-22(28)20-18-10-7-15(21(24)25)12-16(18)13-29-20/h7,10,12-14,17H,4-6,8-9,11H2,1-3H3,(H3,24,25)(H,26,28). The molecule has 7 nitrogen and oxygen atoms in total. The molecule has 1 aliphatic rings. The average Bonchev–Trinajstić information content (AvgIpc) is 3.09. The van der Waals surface area contributed by atoms with E-state index in [1.54, 1.807) is 18.2 Å². The van der Waals surface area contributed by atoms with Gasteiger partial charge in [-0.2, -0.15) is 0 Å². The van der Waals surface area contributed by atoms with Gasteiger partial charge >= 0.3 is 5.97 Å². The molecule has 1 aromatic carbocycles. The van der Waals surface area contributed by atoms with Crippen LogP contribution in [0.3, 0.4) is 0 Å². The van der Waals surface area contributed by atoms with Gasteiger partial charge in [0.25, 0.3) is 5.91 Å². The molecule has 0 atom stereocenters. The summed E-state index contributed by atoms with van der Waals surface area (Å²) in [7, 11) is 0. The molecule has 1 fully saturated rings. The van der Waals surface area contributed by atoms with Gasteiger partial charge in [-0.15, -0.1) is 0 Å². The monoisotopic (exact) mass is 413 g/mol. The highest BCUT2D eigenvalue weighted by Gasteiger charge is 2.26. The third-order valence-electron chi connectivity index (χ3n) is 5.48. The first-order chi connectivity index (χ1) is 14.1. The lowest BCUT2D eigenvalue weighted by Gasteiger charge is -2.29. The summed E-state index contributed by atoms with van der Waals surface area (Å²) in [6, 6.07) is 5.32. The second-order valence-electron chi connectivity index (χ2n) is 9.10. The third kappa shape index (κ3) is 5.62. The van der Waals surface area contributed by atoms with E-state index in [-0.39, 0.29) is 29.5 Å². The summed E-state index contributed by atoms with van der Waals surface area (Å²) in [5.74, 6) is 0.383. The minimum absolute atomic E-state index is 0.0208. The van der Waals surface area contributed by atoms with Gasteiger partial charge in [0.1, 0.15) is 11.4 Å². The fourth-order valence-electron chi connectivity index (χ4n) is 3.96. The molecule has 0 unspecified atom stereocenters. The number of nitrogens with two attached hydrogens (primary N) is 1. The molecule has 1 aliphatic carbocycles. The van der Waals surface area contributed by atoms with Crippen molar-refractivity contribution < 1.29 is 18.7 Å². The molecule has 0 radical (unpaired) electrons. The van der Waals surface area contributed by atoms with E-state index >= 15 is 0 Å². The maximum atomic E-state index is 12.7. The number of rotatable bonds is 6. The molecule has 0 spiro atoms. The minimum Gasteiger partial charge on any atom is -0.460 e. The normalized spacial score (nSPS) is 19.4. The van der Waals surface area contributed by atoms with Crippen molar-refractivity contribution in [3.05, 3.63) is 35.8 Å². The molecule has 1 saturated carbocycles. The third-order valence-corrected chi connectivity index (χ3v) is 5.48. The average molecular weight is 414 g/mol. The molecule has 4 N–H and O–H groups in total. The number of nitrogen functional groups attached to an aromatic ring is 1. The molecule has 1 aromatic heterocycles. The van der Waals surface area contributed by atoms with Gasteiger partial charge in [-0.1, -0.05) is 6.07 Å². The van der Waals surface area contributed by atoms with Gasteiger partial charge in [0.2, 0.25) is 0 Å². The quantitative estimate of drug-likeness (QED) is 0.374. The number of ether oxygens (including phenoxy) is 1. The van der Waals surface area contributed by atoms with Crippen LogP contribution in [0.2, 0.25) is 0 Å². The molecule has 3 rings (SSSR count). The number of amides is 1. The van der Waals surface area contributed by atoms with E-state index in [1.807, 2.05) is 20.8 Å². The second-order valence-corrected chi connectivity index (χ2v) is 9.10. The predicted molar refractivity (Wildman–Crippen MR) is 116 cm³/mol. The lowest BCUT2D eigenvalue weighted by atomic mass is 9.83. The number of nitrogens with one attached hydrogen (secondary N) is 2. The Bertz CT molecular complexity index is 934. The molecule has 162 valence electrons. The summed E-state index contributed by atoms with van der Waals surface area (Å²) < 4.78 is 10.9. The summed E-state index contributed by atoms with van der Waals surface area (Å²) in [4.78, 5) is 24.6. The molecule has 0 saturated heterocycles. The van der Waals surface area contributed by atoms with Crippen LogP contribution < -0.4 is 11.1 Å². The molecule has 2 aromatic rings. The Morgan fingerprint density at radius 1 is 1.23 bits per heavy atom. The summed E-state index contributed by atoms with van der Waals surface area (Å²) in [6.45, 7) is 5.63. The van der Waals surface area contributed by atoms with Crippen molar-refractivity contribution in [1.82, 2.24) is 5.32 Å². The van der Waals surface area contributed by atoms with E-state index in [1.165, 1.54) is 6.26 Å². The van der Waals surface area contributed by atoms with Crippen molar-refractivity contribution in [2.24, 2.45) is 11.7 Å². The number of fused-ring (bicyclic) bond motifs is 1. The Kier molecular flexibility index (Phi) is 6.48. The van der Waals surface area contributed by atoms with E-state index in [0.29, 0.717) is 23.3 Å². The number of hydrogen-bond acceptors (Lipinski definition) is 5. The Morgan fingerprint density at radius 2 is 1.93 bits per heavy atom. The summed E-state index contributed by atoms with van der Waals surface area (Å²) in [5.41, 5.74) is 5.67. The summed E-state index contributed by atoms with van der Waals surface area (Å²) in [6.07, 6.45) is 6.53. The number of hydrogen-bond donors (Lipinski definition) is 3. The van der Waals surface area contributed by atoms with Gasteiger partial charge in [-0.25, -0.2) is 0 Å². The van der Waals surface area contributed by atoms with Crippen molar-refractivity contribution in [2.75, 3.05) is 0 Å². The summed E-state index contributed by atoms with van der Waals surface area (Å²) >= 11 is 0. The van der Waals surface area contributed by atoms with Crippen molar-refractivity contribution in [2.45, 2.75) is 70.9 Å². The first-order valence-corrected chi connectivity index (χ1v) is 10.5. The van der Waals surface area contributed by atoms with Crippen LogP contribution in [-0.2, 0) is 9.53 Å². The number of esters is 1. The topological polar surface area (TPSA) is 118 Å². The van der Waals surface area contributed by atoms with Crippen LogP contribution in [0.15, 0.2) is 28.9 Å². The second kappa shape index (κ2) is 8.90. The maximum absolute atomic E-state index is 12.7. The van der Waals surface area contributed by atoms with Gasteiger partial charge in [0.05, 0.1) is 6.26 Å². The Hall–Kier alpha value is -2.83. The largest absolute Gasteiger partial charge is 0.460 e.